The van der Waals surface area contributed by atoms with Gasteiger partial charge in [0.05, 0.1) is 6.42 Å². The highest BCUT2D eigenvalue weighted by molar-refractivity contribution is 5.89. The van der Waals surface area contributed by atoms with Gasteiger partial charge in [-0.15, -0.1) is 0 Å². The second-order valence-electron chi connectivity index (χ2n) is 6.24. The number of alkyl halides is 3. The topological polar surface area (TPSA) is 25.2 Å². The Hall–Kier alpha value is -1.98. The van der Waals surface area contributed by atoms with Gasteiger partial charge in [0.25, 0.3) is 0 Å². The Kier molecular flexibility index (Phi) is 5.02. The highest BCUT2D eigenvalue weighted by Crippen LogP contribution is 2.23. The zero-order valence-corrected chi connectivity index (χ0v) is 13.5. The lowest BCUT2D eigenvalue weighted by atomic mass is 10.1. The Morgan fingerprint density at radius 2 is 1.91 bits per heavy atom. The summed E-state index contributed by atoms with van der Waals surface area (Å²) in [5, 5.41) is 0.903. The summed E-state index contributed by atoms with van der Waals surface area (Å²) in [6.45, 7) is 2.50. The number of hydrogen-bond donors (Lipinski definition) is 0. The van der Waals surface area contributed by atoms with Crippen LogP contribution in [0, 0.1) is 5.92 Å². The molecule has 1 aromatic heterocycles. The van der Waals surface area contributed by atoms with E-state index < -0.39 is 18.6 Å². The molecule has 0 bridgehead atoms. The number of halogens is 3. The van der Waals surface area contributed by atoms with E-state index in [4.69, 9.17) is 0 Å². The molecule has 2 rings (SSSR count). The molecule has 0 saturated heterocycles. The van der Waals surface area contributed by atoms with Crippen LogP contribution in [0.25, 0.3) is 10.9 Å². The molecule has 6 heteroatoms. The summed E-state index contributed by atoms with van der Waals surface area (Å²) in [5.41, 5.74) is 1.71. The van der Waals surface area contributed by atoms with Crippen molar-refractivity contribution in [3.8, 4) is 0 Å². The standard InChI is InChI=1S/C17H21F3N2O/c1-12(2)9-22(11-17(18,19)20)16(23)8-13-10-21(3)15-7-5-4-6-14(13)15/h4-7,10,12H,8-9,11H2,1-3H3. The van der Waals surface area contributed by atoms with Crippen molar-refractivity contribution in [3.05, 3.63) is 36.0 Å². The fourth-order valence-corrected chi connectivity index (χ4v) is 2.75. The number of rotatable bonds is 5. The first-order valence-corrected chi connectivity index (χ1v) is 7.55. The first kappa shape index (κ1) is 17.4. The minimum absolute atomic E-state index is 0.0196. The third kappa shape index (κ3) is 4.50. The second-order valence-corrected chi connectivity index (χ2v) is 6.24. The van der Waals surface area contributed by atoms with Gasteiger partial charge in [0.2, 0.25) is 5.91 Å². The third-order valence-electron chi connectivity index (χ3n) is 3.63. The minimum Gasteiger partial charge on any atom is -0.350 e. The number of carbonyl (C=O) groups excluding carboxylic acids is 1. The van der Waals surface area contributed by atoms with Crippen molar-refractivity contribution < 1.29 is 18.0 Å². The van der Waals surface area contributed by atoms with Crippen LogP contribution in [-0.2, 0) is 18.3 Å². The van der Waals surface area contributed by atoms with E-state index in [0.717, 1.165) is 21.4 Å². The van der Waals surface area contributed by atoms with Crippen LogP contribution in [0.3, 0.4) is 0 Å². The van der Waals surface area contributed by atoms with E-state index in [2.05, 4.69) is 0 Å². The molecule has 0 atom stereocenters. The average Bonchev–Trinajstić information content (AvgIpc) is 2.73. The van der Waals surface area contributed by atoms with Gasteiger partial charge in [-0.2, -0.15) is 13.2 Å². The summed E-state index contributed by atoms with van der Waals surface area (Å²) in [5.74, 6) is -0.513. The van der Waals surface area contributed by atoms with E-state index in [1.165, 1.54) is 0 Å². The van der Waals surface area contributed by atoms with E-state index in [0.29, 0.717) is 0 Å². The number of aromatic nitrogens is 1. The van der Waals surface area contributed by atoms with E-state index >= 15 is 0 Å². The van der Waals surface area contributed by atoms with Gasteiger partial charge < -0.3 is 9.47 Å². The van der Waals surface area contributed by atoms with E-state index in [9.17, 15) is 18.0 Å². The zero-order valence-electron chi connectivity index (χ0n) is 13.5. The van der Waals surface area contributed by atoms with Crippen molar-refractivity contribution in [1.82, 2.24) is 9.47 Å². The number of nitrogens with zero attached hydrogens (tertiary/aromatic N) is 2. The van der Waals surface area contributed by atoms with E-state index in [1.807, 2.05) is 42.1 Å². The molecule has 0 unspecified atom stereocenters. The van der Waals surface area contributed by atoms with Crippen LogP contribution in [-0.4, -0.2) is 34.6 Å². The lowest BCUT2D eigenvalue weighted by Crippen LogP contribution is -2.41. The molecule has 126 valence electrons. The van der Waals surface area contributed by atoms with Gasteiger partial charge in [-0.1, -0.05) is 32.0 Å². The number of amides is 1. The average molecular weight is 326 g/mol. The van der Waals surface area contributed by atoms with Crippen molar-refractivity contribution in [3.63, 3.8) is 0 Å². The monoisotopic (exact) mass is 326 g/mol. The molecule has 1 aromatic carbocycles. The van der Waals surface area contributed by atoms with Crippen LogP contribution >= 0.6 is 0 Å². The van der Waals surface area contributed by atoms with Crippen molar-refractivity contribution in [2.24, 2.45) is 13.0 Å². The molecular formula is C17H21F3N2O. The van der Waals surface area contributed by atoms with Crippen LogP contribution < -0.4 is 0 Å². The van der Waals surface area contributed by atoms with Crippen LogP contribution in [0.15, 0.2) is 30.5 Å². The van der Waals surface area contributed by atoms with Crippen molar-refractivity contribution in [2.75, 3.05) is 13.1 Å². The molecule has 0 aliphatic carbocycles. The largest absolute Gasteiger partial charge is 0.406 e. The smallest absolute Gasteiger partial charge is 0.350 e. The Balaban J connectivity index is 2.22. The van der Waals surface area contributed by atoms with Gasteiger partial charge in [-0.3, -0.25) is 4.79 Å². The van der Waals surface area contributed by atoms with Gasteiger partial charge in [0.1, 0.15) is 6.54 Å². The number of para-hydroxylation sites is 1. The Morgan fingerprint density at radius 3 is 2.52 bits per heavy atom. The van der Waals surface area contributed by atoms with Gasteiger partial charge in [0, 0.05) is 30.7 Å². The molecule has 0 aliphatic heterocycles. The maximum atomic E-state index is 12.7. The predicted octanol–water partition coefficient (Wildman–Crippen LogP) is 3.77. The number of carbonyl (C=O) groups is 1. The first-order valence-electron chi connectivity index (χ1n) is 7.55. The van der Waals surface area contributed by atoms with Crippen LogP contribution in [0.1, 0.15) is 19.4 Å². The van der Waals surface area contributed by atoms with E-state index in [1.54, 1.807) is 13.8 Å². The van der Waals surface area contributed by atoms with Crippen molar-refractivity contribution in [2.45, 2.75) is 26.4 Å². The normalized spacial score (nSPS) is 12.1. The number of fused-ring (bicyclic) bond motifs is 1. The van der Waals surface area contributed by atoms with Gasteiger partial charge in [0.15, 0.2) is 0 Å². The highest BCUT2D eigenvalue weighted by Gasteiger charge is 2.33. The van der Waals surface area contributed by atoms with Crippen molar-refractivity contribution in [1.29, 1.82) is 0 Å². The SMILES string of the molecule is CC(C)CN(CC(F)(F)F)C(=O)Cc1cn(C)c2ccccc12. The lowest BCUT2D eigenvalue weighted by molar-refractivity contribution is -0.161. The summed E-state index contributed by atoms with van der Waals surface area (Å²) in [6, 6.07) is 7.56. The summed E-state index contributed by atoms with van der Waals surface area (Å²) in [6.07, 6.45) is -2.60. The lowest BCUT2D eigenvalue weighted by Gasteiger charge is -2.25. The molecule has 0 aliphatic rings. The molecule has 0 radical (unpaired) electrons. The number of benzene rings is 1. The Bertz CT molecular complexity index is 689. The summed E-state index contributed by atoms with van der Waals surface area (Å²) in [4.78, 5) is 13.3. The molecule has 2 aromatic rings. The van der Waals surface area contributed by atoms with Crippen molar-refractivity contribution >= 4 is 16.8 Å². The number of hydrogen-bond acceptors (Lipinski definition) is 1. The zero-order chi connectivity index (χ0) is 17.2. The third-order valence-corrected chi connectivity index (χ3v) is 3.63. The molecule has 0 saturated carbocycles. The summed E-state index contributed by atoms with van der Waals surface area (Å²) in [7, 11) is 1.86. The molecule has 1 amide bonds. The molecule has 1 heterocycles. The maximum absolute atomic E-state index is 12.7. The Labute approximate surface area is 133 Å². The number of aryl methyl sites for hydroxylation is 1. The Morgan fingerprint density at radius 1 is 1.26 bits per heavy atom. The second kappa shape index (κ2) is 6.64. The van der Waals surface area contributed by atoms with Crippen LogP contribution in [0.5, 0.6) is 0 Å². The molecule has 3 nitrogen and oxygen atoms in total. The molecule has 0 fully saturated rings. The molecule has 0 spiro atoms. The molecular weight excluding hydrogens is 305 g/mol. The fraction of sp³-hybridized carbons (Fsp3) is 0.471. The van der Waals surface area contributed by atoms with Gasteiger partial charge in [-0.05, 0) is 17.5 Å². The predicted molar refractivity (Wildman–Crippen MR) is 84.1 cm³/mol. The molecule has 0 N–H and O–H groups in total. The fourth-order valence-electron chi connectivity index (χ4n) is 2.75. The van der Waals surface area contributed by atoms with E-state index in [-0.39, 0.29) is 18.9 Å². The maximum Gasteiger partial charge on any atom is 0.406 e. The van der Waals surface area contributed by atoms with Gasteiger partial charge >= 0.3 is 6.18 Å². The summed E-state index contributed by atoms with van der Waals surface area (Å²) >= 11 is 0. The van der Waals surface area contributed by atoms with Gasteiger partial charge in [-0.25, -0.2) is 0 Å². The first-order chi connectivity index (χ1) is 10.7. The molecule has 23 heavy (non-hydrogen) atoms. The van der Waals surface area contributed by atoms with Crippen LogP contribution in [0.4, 0.5) is 13.2 Å². The quantitative estimate of drug-likeness (QED) is 0.821. The minimum atomic E-state index is -4.39. The summed E-state index contributed by atoms with van der Waals surface area (Å²) < 4.78 is 40.0. The highest BCUT2D eigenvalue weighted by atomic mass is 19.4. The van der Waals surface area contributed by atoms with Crippen LogP contribution in [0.2, 0.25) is 0 Å².